The predicted molar refractivity (Wildman–Crippen MR) is 111 cm³/mol. The summed E-state index contributed by atoms with van der Waals surface area (Å²) < 4.78 is 25.1. The van der Waals surface area contributed by atoms with Gasteiger partial charge in [-0.15, -0.1) is 0 Å². The number of para-hydroxylation sites is 1. The number of ether oxygens (including phenoxy) is 2. The molecule has 0 bridgehead atoms. The molecule has 3 rings (SSSR count). The van der Waals surface area contributed by atoms with Gasteiger partial charge < -0.3 is 14.4 Å². The van der Waals surface area contributed by atoms with Crippen LogP contribution < -0.4 is 4.74 Å². The maximum atomic E-state index is 14.0. The summed E-state index contributed by atoms with van der Waals surface area (Å²) in [5, 5.41) is 0.432. The molecule has 0 atom stereocenters. The van der Waals surface area contributed by atoms with Crippen LogP contribution in [-0.4, -0.2) is 61.7 Å². The minimum atomic E-state index is -0.297. The average molecular weight is 421 g/mol. The quantitative estimate of drug-likeness (QED) is 0.608. The summed E-state index contributed by atoms with van der Waals surface area (Å²) in [6.45, 7) is 6.32. The number of amides is 1. The lowest BCUT2D eigenvalue weighted by Gasteiger charge is -2.35. The Hall–Kier alpha value is -2.15. The number of carbonyl (C=O) groups is 1. The number of carbonyl (C=O) groups excluding carboxylic acids is 1. The molecule has 0 radical (unpaired) electrons. The summed E-state index contributed by atoms with van der Waals surface area (Å²) in [6.07, 6.45) is 0. The van der Waals surface area contributed by atoms with E-state index in [1.807, 2.05) is 24.0 Å². The zero-order chi connectivity index (χ0) is 20.6. The van der Waals surface area contributed by atoms with Gasteiger partial charge in [-0.05, 0) is 31.2 Å². The molecule has 0 unspecified atom stereocenters. The van der Waals surface area contributed by atoms with Crippen LogP contribution in [0.1, 0.15) is 22.8 Å². The molecule has 1 saturated heterocycles. The second kappa shape index (κ2) is 10.6. The maximum absolute atomic E-state index is 14.0. The van der Waals surface area contributed by atoms with Gasteiger partial charge >= 0.3 is 0 Å². The summed E-state index contributed by atoms with van der Waals surface area (Å²) in [6, 6.07) is 12.0. The molecule has 1 aliphatic rings. The molecule has 1 amide bonds. The fourth-order valence-corrected chi connectivity index (χ4v) is 3.53. The van der Waals surface area contributed by atoms with Crippen molar-refractivity contribution >= 4 is 17.5 Å². The van der Waals surface area contributed by atoms with Crippen molar-refractivity contribution in [2.24, 2.45) is 0 Å². The van der Waals surface area contributed by atoms with Gasteiger partial charge in [0.25, 0.3) is 5.91 Å². The summed E-state index contributed by atoms with van der Waals surface area (Å²) in [5.41, 5.74) is 1.05. The number of hydrogen-bond donors (Lipinski definition) is 0. The Morgan fingerprint density at radius 3 is 2.55 bits per heavy atom. The monoisotopic (exact) mass is 420 g/mol. The molecule has 0 spiro atoms. The summed E-state index contributed by atoms with van der Waals surface area (Å²) in [5.74, 6) is 0.215. The lowest BCUT2D eigenvalue weighted by molar-refractivity contribution is 0.0619. The van der Waals surface area contributed by atoms with Crippen molar-refractivity contribution in [1.29, 1.82) is 0 Å². The van der Waals surface area contributed by atoms with Crippen LogP contribution in [0.15, 0.2) is 42.5 Å². The van der Waals surface area contributed by atoms with Crippen LogP contribution in [0.3, 0.4) is 0 Å². The third kappa shape index (κ3) is 5.69. The highest BCUT2D eigenvalue weighted by Gasteiger charge is 2.25. The van der Waals surface area contributed by atoms with Crippen molar-refractivity contribution in [1.82, 2.24) is 9.80 Å². The first-order valence-electron chi connectivity index (χ1n) is 9.84. The Kier molecular flexibility index (Phi) is 7.86. The zero-order valence-electron chi connectivity index (χ0n) is 16.6. The van der Waals surface area contributed by atoms with Gasteiger partial charge in [0.15, 0.2) is 0 Å². The topological polar surface area (TPSA) is 42.0 Å². The molecule has 2 aromatic rings. The van der Waals surface area contributed by atoms with E-state index in [1.54, 1.807) is 24.3 Å². The smallest absolute Gasteiger partial charge is 0.257 e. The van der Waals surface area contributed by atoms with Crippen LogP contribution in [0, 0.1) is 5.82 Å². The van der Waals surface area contributed by atoms with Crippen LogP contribution in [0.5, 0.6) is 5.75 Å². The van der Waals surface area contributed by atoms with Crippen molar-refractivity contribution in [2.45, 2.75) is 13.5 Å². The number of rotatable bonds is 8. The minimum Gasteiger partial charge on any atom is -0.490 e. The van der Waals surface area contributed by atoms with Gasteiger partial charge in [0.1, 0.15) is 18.2 Å². The Morgan fingerprint density at radius 2 is 1.83 bits per heavy atom. The van der Waals surface area contributed by atoms with Gasteiger partial charge in [0.2, 0.25) is 0 Å². The van der Waals surface area contributed by atoms with Gasteiger partial charge in [-0.3, -0.25) is 9.69 Å². The van der Waals surface area contributed by atoms with Crippen molar-refractivity contribution in [3.8, 4) is 5.75 Å². The van der Waals surface area contributed by atoms with Crippen molar-refractivity contribution in [3.05, 3.63) is 64.4 Å². The normalized spacial score (nSPS) is 14.8. The van der Waals surface area contributed by atoms with E-state index in [9.17, 15) is 9.18 Å². The second-order valence-corrected chi connectivity index (χ2v) is 7.22. The first kappa shape index (κ1) is 21.6. The Labute approximate surface area is 176 Å². The van der Waals surface area contributed by atoms with E-state index >= 15 is 0 Å². The lowest BCUT2D eigenvalue weighted by atomic mass is 10.1. The van der Waals surface area contributed by atoms with Crippen LogP contribution >= 0.6 is 11.6 Å². The number of halogens is 2. The molecule has 5 nitrogen and oxygen atoms in total. The fraction of sp³-hybridized carbons (Fsp3) is 0.409. The third-order valence-corrected chi connectivity index (χ3v) is 5.26. The molecule has 0 aliphatic carbocycles. The average Bonchev–Trinajstić information content (AvgIpc) is 2.74. The summed E-state index contributed by atoms with van der Waals surface area (Å²) in [7, 11) is 0. The van der Waals surface area contributed by atoms with Crippen molar-refractivity contribution in [3.63, 3.8) is 0 Å². The highest BCUT2D eigenvalue weighted by molar-refractivity contribution is 6.31. The molecular formula is C22H26ClFN2O3. The van der Waals surface area contributed by atoms with Crippen LogP contribution in [-0.2, 0) is 11.3 Å². The summed E-state index contributed by atoms with van der Waals surface area (Å²) >= 11 is 6.13. The second-order valence-electron chi connectivity index (χ2n) is 6.81. The third-order valence-electron chi connectivity index (χ3n) is 4.91. The Balaban J connectivity index is 1.58. The van der Waals surface area contributed by atoms with E-state index in [1.165, 1.54) is 6.07 Å². The van der Waals surface area contributed by atoms with E-state index in [0.717, 1.165) is 0 Å². The molecule has 0 N–H and O–H groups in total. The zero-order valence-corrected chi connectivity index (χ0v) is 17.3. The van der Waals surface area contributed by atoms with Gasteiger partial charge in [-0.25, -0.2) is 4.39 Å². The Bertz CT molecular complexity index is 805. The molecule has 1 heterocycles. The standard InChI is InChI=1S/C22H26ClFN2O3/c1-2-28-14-15-29-21-9-4-3-6-17(21)22(27)26-12-10-25(11-13-26)16-18-19(23)7-5-8-20(18)24/h3-9H,2,10-16H2,1H3. The van der Waals surface area contributed by atoms with Gasteiger partial charge in [0, 0.05) is 49.9 Å². The van der Waals surface area contributed by atoms with Crippen LogP contribution in [0.2, 0.25) is 5.02 Å². The first-order valence-corrected chi connectivity index (χ1v) is 10.2. The maximum Gasteiger partial charge on any atom is 0.257 e. The van der Waals surface area contributed by atoms with E-state index in [-0.39, 0.29) is 11.7 Å². The molecule has 0 aromatic heterocycles. The number of piperazine rings is 1. The number of benzene rings is 2. The molecule has 29 heavy (non-hydrogen) atoms. The number of hydrogen-bond acceptors (Lipinski definition) is 4. The molecule has 2 aromatic carbocycles. The van der Waals surface area contributed by atoms with E-state index in [4.69, 9.17) is 21.1 Å². The first-order chi connectivity index (χ1) is 14.1. The predicted octanol–water partition coefficient (Wildman–Crippen LogP) is 3.85. The minimum absolute atomic E-state index is 0.0550. The van der Waals surface area contributed by atoms with Crippen LogP contribution in [0.4, 0.5) is 4.39 Å². The molecule has 156 valence electrons. The van der Waals surface area contributed by atoms with E-state index in [2.05, 4.69) is 4.90 Å². The van der Waals surface area contributed by atoms with Crippen molar-refractivity contribution < 1.29 is 18.7 Å². The largest absolute Gasteiger partial charge is 0.490 e. The highest BCUT2D eigenvalue weighted by atomic mass is 35.5. The molecule has 1 aliphatic heterocycles. The SMILES string of the molecule is CCOCCOc1ccccc1C(=O)N1CCN(Cc2c(F)cccc2Cl)CC1. The summed E-state index contributed by atoms with van der Waals surface area (Å²) in [4.78, 5) is 16.9. The van der Waals surface area contributed by atoms with Gasteiger partial charge in [-0.2, -0.15) is 0 Å². The van der Waals surface area contributed by atoms with Crippen molar-refractivity contribution in [2.75, 3.05) is 46.0 Å². The fourth-order valence-electron chi connectivity index (χ4n) is 3.31. The van der Waals surface area contributed by atoms with Gasteiger partial charge in [0.05, 0.1) is 12.2 Å². The highest BCUT2D eigenvalue weighted by Crippen LogP contribution is 2.23. The molecule has 7 heteroatoms. The Morgan fingerprint density at radius 1 is 1.07 bits per heavy atom. The lowest BCUT2D eigenvalue weighted by Crippen LogP contribution is -2.48. The molecular weight excluding hydrogens is 395 g/mol. The van der Waals surface area contributed by atoms with Gasteiger partial charge in [-0.1, -0.05) is 29.8 Å². The van der Waals surface area contributed by atoms with E-state index in [0.29, 0.717) is 74.4 Å². The van der Waals surface area contributed by atoms with E-state index < -0.39 is 0 Å². The molecule has 1 fully saturated rings. The number of nitrogens with zero attached hydrogens (tertiary/aromatic N) is 2. The van der Waals surface area contributed by atoms with Crippen LogP contribution in [0.25, 0.3) is 0 Å². The molecule has 0 saturated carbocycles.